The fourth-order valence-electron chi connectivity index (χ4n) is 2.03. The molecular formula is C12H19NOS. The molecule has 1 fully saturated rings. The summed E-state index contributed by atoms with van der Waals surface area (Å²) in [6.07, 6.45) is 2.87. The zero-order chi connectivity index (χ0) is 10.7. The van der Waals surface area contributed by atoms with Crippen LogP contribution in [-0.2, 0) is 4.74 Å². The Kier molecular flexibility index (Phi) is 3.78. The van der Waals surface area contributed by atoms with Crippen LogP contribution in [0.2, 0.25) is 0 Å². The number of hydrogen-bond acceptors (Lipinski definition) is 3. The van der Waals surface area contributed by atoms with Gasteiger partial charge in [0.25, 0.3) is 0 Å². The van der Waals surface area contributed by atoms with Crippen LogP contribution < -0.4 is 5.32 Å². The van der Waals surface area contributed by atoms with Crippen molar-refractivity contribution >= 4 is 11.3 Å². The molecule has 1 saturated heterocycles. The van der Waals surface area contributed by atoms with Gasteiger partial charge in [-0.25, -0.2) is 0 Å². The largest absolute Gasteiger partial charge is 0.377 e. The highest BCUT2D eigenvalue weighted by Gasteiger charge is 2.17. The minimum absolute atomic E-state index is 0.438. The van der Waals surface area contributed by atoms with Gasteiger partial charge in [0.15, 0.2) is 0 Å². The van der Waals surface area contributed by atoms with Gasteiger partial charge in [-0.05, 0) is 43.7 Å². The lowest BCUT2D eigenvalue weighted by Gasteiger charge is -2.16. The third kappa shape index (κ3) is 2.80. The van der Waals surface area contributed by atoms with Crippen molar-refractivity contribution in [3.8, 4) is 0 Å². The lowest BCUT2D eigenvalue weighted by atomic mass is 10.2. The summed E-state index contributed by atoms with van der Waals surface area (Å²) in [4.78, 5) is 1.45. The van der Waals surface area contributed by atoms with E-state index in [0.717, 1.165) is 13.2 Å². The number of thiophene rings is 1. The SMILES string of the molecule is Cc1ccsc1C(C)NCC1CCCO1. The van der Waals surface area contributed by atoms with Crippen molar-refractivity contribution in [2.75, 3.05) is 13.2 Å². The maximum atomic E-state index is 5.59. The molecule has 0 radical (unpaired) electrons. The summed E-state index contributed by atoms with van der Waals surface area (Å²) < 4.78 is 5.59. The van der Waals surface area contributed by atoms with E-state index >= 15 is 0 Å². The molecule has 84 valence electrons. The Balaban J connectivity index is 1.81. The first-order valence-corrected chi connectivity index (χ1v) is 6.54. The Morgan fingerprint density at radius 2 is 2.53 bits per heavy atom. The van der Waals surface area contributed by atoms with Crippen molar-refractivity contribution < 1.29 is 4.74 Å². The molecule has 0 amide bonds. The molecule has 0 aromatic carbocycles. The highest BCUT2D eigenvalue weighted by atomic mass is 32.1. The molecule has 1 N–H and O–H groups in total. The van der Waals surface area contributed by atoms with E-state index in [0.29, 0.717) is 12.1 Å². The van der Waals surface area contributed by atoms with Gasteiger partial charge in [-0.15, -0.1) is 11.3 Å². The maximum absolute atomic E-state index is 5.59. The van der Waals surface area contributed by atoms with Crippen LogP contribution in [0, 0.1) is 6.92 Å². The van der Waals surface area contributed by atoms with E-state index in [1.54, 1.807) is 0 Å². The van der Waals surface area contributed by atoms with Crippen LogP contribution >= 0.6 is 11.3 Å². The average Bonchev–Trinajstić information content (AvgIpc) is 2.84. The Labute approximate surface area is 95.6 Å². The molecule has 0 spiro atoms. The first-order chi connectivity index (χ1) is 7.27. The first kappa shape index (κ1) is 11.1. The zero-order valence-electron chi connectivity index (χ0n) is 9.45. The Bertz CT molecular complexity index is 304. The smallest absolute Gasteiger partial charge is 0.0700 e. The van der Waals surface area contributed by atoms with Gasteiger partial charge >= 0.3 is 0 Å². The van der Waals surface area contributed by atoms with Crippen LogP contribution in [0.4, 0.5) is 0 Å². The molecule has 2 atom stereocenters. The van der Waals surface area contributed by atoms with E-state index in [1.807, 2.05) is 11.3 Å². The van der Waals surface area contributed by atoms with Crippen LogP contribution in [0.5, 0.6) is 0 Å². The van der Waals surface area contributed by atoms with Gasteiger partial charge in [0.2, 0.25) is 0 Å². The summed E-state index contributed by atoms with van der Waals surface area (Å²) in [6, 6.07) is 2.64. The van der Waals surface area contributed by atoms with Gasteiger partial charge in [-0.3, -0.25) is 0 Å². The first-order valence-electron chi connectivity index (χ1n) is 5.66. The molecule has 1 aliphatic rings. The quantitative estimate of drug-likeness (QED) is 0.850. The summed E-state index contributed by atoms with van der Waals surface area (Å²) in [5.41, 5.74) is 1.40. The summed E-state index contributed by atoms with van der Waals surface area (Å²) in [7, 11) is 0. The fourth-order valence-corrected chi connectivity index (χ4v) is 2.99. The molecule has 0 saturated carbocycles. The third-order valence-electron chi connectivity index (χ3n) is 2.97. The Morgan fingerprint density at radius 3 is 3.13 bits per heavy atom. The van der Waals surface area contributed by atoms with E-state index in [2.05, 4.69) is 30.6 Å². The van der Waals surface area contributed by atoms with Crippen molar-refractivity contribution in [2.45, 2.75) is 38.8 Å². The predicted octanol–water partition coefficient (Wildman–Crippen LogP) is 2.89. The summed E-state index contributed by atoms with van der Waals surface area (Å²) in [6.45, 7) is 6.33. The highest BCUT2D eigenvalue weighted by Crippen LogP contribution is 2.23. The van der Waals surface area contributed by atoms with Crippen LogP contribution in [0.3, 0.4) is 0 Å². The third-order valence-corrected chi connectivity index (χ3v) is 4.17. The van der Waals surface area contributed by atoms with Crippen molar-refractivity contribution in [1.29, 1.82) is 0 Å². The lowest BCUT2D eigenvalue weighted by molar-refractivity contribution is 0.108. The maximum Gasteiger partial charge on any atom is 0.0700 e. The molecule has 3 heteroatoms. The summed E-state index contributed by atoms with van der Waals surface area (Å²) in [5.74, 6) is 0. The number of rotatable bonds is 4. The lowest BCUT2D eigenvalue weighted by Crippen LogP contribution is -2.28. The standard InChI is InChI=1S/C12H19NOS/c1-9-5-7-15-12(9)10(2)13-8-11-4-3-6-14-11/h5,7,10-11,13H,3-4,6,8H2,1-2H3. The Hall–Kier alpha value is -0.380. The van der Waals surface area contributed by atoms with E-state index in [4.69, 9.17) is 4.74 Å². The zero-order valence-corrected chi connectivity index (χ0v) is 10.3. The predicted molar refractivity (Wildman–Crippen MR) is 64.4 cm³/mol. The topological polar surface area (TPSA) is 21.3 Å². The van der Waals surface area contributed by atoms with Crippen LogP contribution in [0.15, 0.2) is 11.4 Å². The summed E-state index contributed by atoms with van der Waals surface area (Å²) in [5, 5.41) is 5.71. The van der Waals surface area contributed by atoms with Crippen molar-refractivity contribution in [1.82, 2.24) is 5.32 Å². The molecule has 2 nitrogen and oxygen atoms in total. The number of aryl methyl sites for hydroxylation is 1. The van der Waals surface area contributed by atoms with E-state index < -0.39 is 0 Å². The van der Waals surface area contributed by atoms with Gasteiger partial charge in [0.1, 0.15) is 0 Å². The second-order valence-electron chi connectivity index (χ2n) is 4.23. The molecule has 2 rings (SSSR count). The summed E-state index contributed by atoms with van der Waals surface area (Å²) >= 11 is 1.84. The minimum Gasteiger partial charge on any atom is -0.377 e. The number of hydrogen-bond donors (Lipinski definition) is 1. The van der Waals surface area contributed by atoms with Gasteiger partial charge in [0, 0.05) is 24.1 Å². The van der Waals surface area contributed by atoms with E-state index in [1.165, 1.54) is 23.3 Å². The van der Waals surface area contributed by atoms with Crippen molar-refractivity contribution in [3.63, 3.8) is 0 Å². The Morgan fingerprint density at radius 1 is 1.67 bits per heavy atom. The number of ether oxygens (including phenoxy) is 1. The molecular weight excluding hydrogens is 206 g/mol. The molecule has 2 heterocycles. The second-order valence-corrected chi connectivity index (χ2v) is 5.18. The average molecular weight is 225 g/mol. The van der Waals surface area contributed by atoms with Gasteiger partial charge in [0.05, 0.1) is 6.10 Å². The molecule has 15 heavy (non-hydrogen) atoms. The normalized spacial score (nSPS) is 23.2. The molecule has 1 aromatic heterocycles. The van der Waals surface area contributed by atoms with Gasteiger partial charge in [-0.1, -0.05) is 0 Å². The second kappa shape index (κ2) is 5.10. The fraction of sp³-hybridized carbons (Fsp3) is 0.667. The molecule has 2 unspecified atom stereocenters. The van der Waals surface area contributed by atoms with Crippen LogP contribution in [0.25, 0.3) is 0 Å². The van der Waals surface area contributed by atoms with Gasteiger partial charge < -0.3 is 10.1 Å². The number of nitrogens with one attached hydrogen (secondary N) is 1. The van der Waals surface area contributed by atoms with E-state index in [-0.39, 0.29) is 0 Å². The van der Waals surface area contributed by atoms with E-state index in [9.17, 15) is 0 Å². The molecule has 0 bridgehead atoms. The van der Waals surface area contributed by atoms with Crippen LogP contribution in [0.1, 0.15) is 36.2 Å². The van der Waals surface area contributed by atoms with Crippen molar-refractivity contribution in [2.24, 2.45) is 0 Å². The molecule has 1 aliphatic heterocycles. The van der Waals surface area contributed by atoms with Gasteiger partial charge in [-0.2, -0.15) is 0 Å². The van der Waals surface area contributed by atoms with Crippen molar-refractivity contribution in [3.05, 3.63) is 21.9 Å². The monoisotopic (exact) mass is 225 g/mol. The highest BCUT2D eigenvalue weighted by molar-refractivity contribution is 7.10. The molecule has 0 aliphatic carbocycles. The minimum atomic E-state index is 0.438. The molecule has 1 aromatic rings. The van der Waals surface area contributed by atoms with Crippen LogP contribution in [-0.4, -0.2) is 19.3 Å².